The van der Waals surface area contributed by atoms with E-state index in [2.05, 4.69) is 14.3 Å². The molecule has 1 heterocycles. The third-order valence-electron chi connectivity index (χ3n) is 1.74. The van der Waals surface area contributed by atoms with E-state index in [0.717, 1.165) is 11.5 Å². The molecule has 0 spiro atoms. The van der Waals surface area contributed by atoms with Crippen LogP contribution >= 0.6 is 11.5 Å². The average Bonchev–Trinajstić information content (AvgIpc) is 2.70. The van der Waals surface area contributed by atoms with Crippen molar-refractivity contribution in [3.63, 3.8) is 0 Å². The molecule has 0 bridgehead atoms. The molecule has 0 unspecified atom stereocenters. The summed E-state index contributed by atoms with van der Waals surface area (Å²) in [5, 5.41) is 12.9. The molecule has 0 aliphatic carbocycles. The summed E-state index contributed by atoms with van der Waals surface area (Å²) >= 11 is 0.947. The summed E-state index contributed by atoms with van der Waals surface area (Å²) < 4.78 is 29.4. The van der Waals surface area contributed by atoms with Gasteiger partial charge in [0.25, 0.3) is 10.0 Å². The number of rotatable bonds is 3. The van der Waals surface area contributed by atoms with Gasteiger partial charge in [0, 0.05) is 11.5 Å². The number of hydrogen-bond donors (Lipinski definition) is 2. The lowest BCUT2D eigenvalue weighted by Gasteiger charge is -2.04. The van der Waals surface area contributed by atoms with Gasteiger partial charge < -0.3 is 5.11 Å². The average molecular weight is 257 g/mol. The molecule has 1 aromatic carbocycles. The Morgan fingerprint density at radius 3 is 2.50 bits per heavy atom. The molecule has 2 N–H and O–H groups in total. The van der Waals surface area contributed by atoms with Crippen LogP contribution < -0.4 is 4.72 Å². The fourth-order valence-electron chi connectivity index (χ4n) is 1.03. The van der Waals surface area contributed by atoms with Crippen LogP contribution in [0.4, 0.5) is 5.00 Å². The number of sulfonamides is 1. The number of aromatic hydroxyl groups is 1. The maximum absolute atomic E-state index is 11.8. The second-order valence-corrected chi connectivity index (χ2v) is 5.35. The number of aromatic nitrogens is 2. The smallest absolute Gasteiger partial charge is 0.262 e. The van der Waals surface area contributed by atoms with Gasteiger partial charge in [-0.25, -0.2) is 8.42 Å². The second kappa shape index (κ2) is 4.06. The molecule has 0 saturated carbocycles. The van der Waals surface area contributed by atoms with Gasteiger partial charge in [-0.2, -0.15) is 0 Å². The van der Waals surface area contributed by atoms with Gasteiger partial charge in [-0.15, -0.1) is 5.10 Å². The third-order valence-corrected chi connectivity index (χ3v) is 3.83. The lowest BCUT2D eigenvalue weighted by Crippen LogP contribution is -2.11. The predicted octanol–water partition coefficient (Wildman–Crippen LogP) is 1.04. The summed E-state index contributed by atoms with van der Waals surface area (Å²) in [7, 11) is -3.63. The number of nitrogens with zero attached hydrogens (tertiary/aromatic N) is 2. The summed E-state index contributed by atoms with van der Waals surface area (Å²) in [6, 6.07) is 5.23. The Hall–Kier alpha value is -1.67. The summed E-state index contributed by atoms with van der Waals surface area (Å²) in [4.78, 5) is 0.0682. The molecule has 0 aliphatic rings. The van der Waals surface area contributed by atoms with E-state index in [4.69, 9.17) is 5.11 Å². The molecule has 84 valence electrons. The molecule has 0 radical (unpaired) electrons. The molecule has 8 heteroatoms. The van der Waals surface area contributed by atoms with E-state index >= 15 is 0 Å². The largest absolute Gasteiger partial charge is 0.508 e. The molecule has 0 saturated heterocycles. The SMILES string of the molecule is O=S(=O)(Nc1cnns1)c1ccc(O)cc1. The number of hydrogen-bond acceptors (Lipinski definition) is 6. The summed E-state index contributed by atoms with van der Waals surface area (Å²) in [6.07, 6.45) is 1.32. The molecule has 0 atom stereocenters. The van der Waals surface area contributed by atoms with E-state index in [0.29, 0.717) is 5.00 Å². The van der Waals surface area contributed by atoms with Gasteiger partial charge in [0.2, 0.25) is 0 Å². The molecular formula is C8H7N3O3S2. The fourth-order valence-corrected chi connectivity index (χ4v) is 2.71. The van der Waals surface area contributed by atoms with Crippen molar-refractivity contribution in [2.75, 3.05) is 4.72 Å². The maximum Gasteiger partial charge on any atom is 0.262 e. The molecule has 0 aliphatic heterocycles. The summed E-state index contributed by atoms with van der Waals surface area (Å²) in [5.74, 6) is 0.0124. The van der Waals surface area contributed by atoms with Crippen LogP contribution in [-0.4, -0.2) is 23.1 Å². The van der Waals surface area contributed by atoms with Crippen LogP contribution in [0.2, 0.25) is 0 Å². The molecule has 2 rings (SSSR count). The number of phenols is 1. The van der Waals surface area contributed by atoms with Crippen molar-refractivity contribution in [1.82, 2.24) is 9.59 Å². The van der Waals surface area contributed by atoms with Crippen LogP contribution in [0.15, 0.2) is 35.4 Å². The number of benzene rings is 1. The summed E-state index contributed by atoms with van der Waals surface area (Å²) in [5.41, 5.74) is 0. The third kappa shape index (κ3) is 2.28. The van der Waals surface area contributed by atoms with E-state index in [1.807, 2.05) is 0 Å². The first-order chi connectivity index (χ1) is 7.58. The minimum atomic E-state index is -3.63. The number of anilines is 1. The highest BCUT2D eigenvalue weighted by Crippen LogP contribution is 2.19. The zero-order valence-electron chi connectivity index (χ0n) is 7.86. The number of nitrogens with one attached hydrogen (secondary N) is 1. The van der Waals surface area contributed by atoms with Crippen molar-refractivity contribution >= 4 is 26.6 Å². The van der Waals surface area contributed by atoms with Crippen LogP contribution in [0.5, 0.6) is 5.75 Å². The van der Waals surface area contributed by atoms with E-state index in [-0.39, 0.29) is 10.6 Å². The van der Waals surface area contributed by atoms with Crippen molar-refractivity contribution in [3.05, 3.63) is 30.5 Å². The monoisotopic (exact) mass is 257 g/mol. The van der Waals surface area contributed by atoms with E-state index in [9.17, 15) is 8.42 Å². The zero-order chi connectivity index (χ0) is 11.6. The van der Waals surface area contributed by atoms with Crippen LogP contribution in [-0.2, 0) is 10.0 Å². The standard InChI is InChI=1S/C8H7N3O3S2/c12-6-1-3-7(4-2-6)16(13,14)10-8-5-9-11-15-8/h1-5,10,12H. The van der Waals surface area contributed by atoms with Crippen molar-refractivity contribution in [2.24, 2.45) is 0 Å². The van der Waals surface area contributed by atoms with Crippen LogP contribution in [0, 0.1) is 0 Å². The van der Waals surface area contributed by atoms with E-state index in [1.54, 1.807) is 0 Å². The van der Waals surface area contributed by atoms with Crippen molar-refractivity contribution in [2.45, 2.75) is 4.90 Å². The van der Waals surface area contributed by atoms with Gasteiger partial charge in [-0.3, -0.25) is 4.72 Å². The normalized spacial score (nSPS) is 11.2. The van der Waals surface area contributed by atoms with Crippen molar-refractivity contribution in [3.8, 4) is 5.75 Å². The van der Waals surface area contributed by atoms with Gasteiger partial charge in [-0.1, -0.05) is 4.49 Å². The molecule has 0 amide bonds. The Balaban J connectivity index is 2.29. The lowest BCUT2D eigenvalue weighted by molar-refractivity contribution is 0.475. The van der Waals surface area contributed by atoms with Crippen molar-refractivity contribution < 1.29 is 13.5 Å². The van der Waals surface area contributed by atoms with Gasteiger partial charge in [0.15, 0.2) is 0 Å². The van der Waals surface area contributed by atoms with Crippen molar-refractivity contribution in [1.29, 1.82) is 0 Å². The maximum atomic E-state index is 11.8. The molecule has 1 aromatic heterocycles. The summed E-state index contributed by atoms with van der Waals surface area (Å²) in [6.45, 7) is 0. The highest BCUT2D eigenvalue weighted by molar-refractivity contribution is 7.93. The molecule has 16 heavy (non-hydrogen) atoms. The van der Waals surface area contributed by atoms with Gasteiger partial charge in [0.05, 0.1) is 11.1 Å². The Bertz CT molecular complexity index is 563. The fraction of sp³-hybridized carbons (Fsp3) is 0. The molecule has 0 fully saturated rings. The van der Waals surface area contributed by atoms with Gasteiger partial charge >= 0.3 is 0 Å². The topological polar surface area (TPSA) is 92.2 Å². The lowest BCUT2D eigenvalue weighted by atomic mass is 10.3. The zero-order valence-corrected chi connectivity index (χ0v) is 9.49. The molecular weight excluding hydrogens is 250 g/mol. The minimum absolute atomic E-state index is 0.0124. The second-order valence-electron chi connectivity index (χ2n) is 2.88. The van der Waals surface area contributed by atoms with Crippen LogP contribution in [0.25, 0.3) is 0 Å². The Morgan fingerprint density at radius 2 is 1.94 bits per heavy atom. The van der Waals surface area contributed by atoms with Crippen LogP contribution in [0.1, 0.15) is 0 Å². The van der Waals surface area contributed by atoms with Crippen LogP contribution in [0.3, 0.4) is 0 Å². The first kappa shape index (κ1) is 10.8. The first-order valence-electron chi connectivity index (χ1n) is 4.17. The van der Waals surface area contributed by atoms with E-state index in [1.165, 1.54) is 30.5 Å². The predicted molar refractivity (Wildman–Crippen MR) is 58.8 cm³/mol. The Kier molecular flexibility index (Phi) is 2.75. The Morgan fingerprint density at radius 1 is 1.25 bits per heavy atom. The minimum Gasteiger partial charge on any atom is -0.508 e. The number of phenolic OH excluding ortho intramolecular Hbond substituents is 1. The highest BCUT2D eigenvalue weighted by atomic mass is 32.2. The van der Waals surface area contributed by atoms with Gasteiger partial charge in [-0.05, 0) is 24.3 Å². The van der Waals surface area contributed by atoms with E-state index < -0.39 is 10.0 Å². The Labute approximate surface area is 95.8 Å². The molecule has 2 aromatic rings. The molecule has 6 nitrogen and oxygen atoms in total. The van der Waals surface area contributed by atoms with Gasteiger partial charge in [0.1, 0.15) is 10.8 Å². The highest BCUT2D eigenvalue weighted by Gasteiger charge is 2.14. The first-order valence-corrected chi connectivity index (χ1v) is 6.43. The quantitative estimate of drug-likeness (QED) is 0.857.